The molecule has 1 aromatic carbocycles. The number of benzene rings is 1. The molecular weight excluding hydrogens is 350 g/mol. The van der Waals surface area contributed by atoms with Gasteiger partial charge in [-0.15, -0.1) is 11.3 Å². The lowest BCUT2D eigenvalue weighted by molar-refractivity contribution is -0.115. The normalized spacial score (nSPS) is 10.5. The number of esters is 1. The van der Waals surface area contributed by atoms with Crippen LogP contribution in [0.5, 0.6) is 0 Å². The van der Waals surface area contributed by atoms with Crippen LogP contribution in [0.4, 0.5) is 10.8 Å². The van der Waals surface area contributed by atoms with Crippen molar-refractivity contribution >= 4 is 34.0 Å². The van der Waals surface area contributed by atoms with Gasteiger partial charge in [-0.05, 0) is 36.2 Å². The zero-order valence-corrected chi connectivity index (χ0v) is 15.4. The summed E-state index contributed by atoms with van der Waals surface area (Å²) in [7, 11) is 0. The standard InChI is InChI=1S/C19H19N3O3S/c1-3-14-6-8-16(9-7-14)22(13(2)23)19-21-15(12-26-19)11-25-18(24)17-5-4-10-20-17/h4-10,12,20H,3,11H2,1-2H3. The van der Waals surface area contributed by atoms with E-state index in [4.69, 9.17) is 4.74 Å². The van der Waals surface area contributed by atoms with Crippen molar-refractivity contribution in [2.24, 2.45) is 0 Å². The molecule has 0 fully saturated rings. The van der Waals surface area contributed by atoms with Crippen molar-refractivity contribution in [2.75, 3.05) is 4.90 Å². The third kappa shape index (κ3) is 4.00. The minimum Gasteiger partial charge on any atom is -0.454 e. The molecule has 0 aliphatic carbocycles. The molecule has 7 heteroatoms. The van der Waals surface area contributed by atoms with Gasteiger partial charge in [-0.1, -0.05) is 19.1 Å². The number of nitrogens with zero attached hydrogens (tertiary/aromatic N) is 2. The summed E-state index contributed by atoms with van der Waals surface area (Å²) in [6.07, 6.45) is 2.60. The first kappa shape index (κ1) is 17.9. The number of aromatic nitrogens is 2. The number of carbonyl (C=O) groups is 2. The molecule has 0 atom stereocenters. The van der Waals surface area contributed by atoms with Gasteiger partial charge in [0.05, 0.1) is 11.4 Å². The van der Waals surface area contributed by atoms with Crippen LogP contribution < -0.4 is 4.90 Å². The van der Waals surface area contributed by atoms with E-state index in [-0.39, 0.29) is 12.5 Å². The summed E-state index contributed by atoms with van der Waals surface area (Å²) < 4.78 is 5.23. The van der Waals surface area contributed by atoms with Crippen LogP contribution in [0.1, 0.15) is 35.6 Å². The highest BCUT2D eigenvalue weighted by Crippen LogP contribution is 2.29. The highest BCUT2D eigenvalue weighted by molar-refractivity contribution is 7.14. The Balaban J connectivity index is 1.73. The smallest absolute Gasteiger partial charge is 0.355 e. The Labute approximate surface area is 155 Å². The number of hydrogen-bond donors (Lipinski definition) is 1. The average Bonchev–Trinajstić information content (AvgIpc) is 3.32. The number of thiazole rings is 1. The van der Waals surface area contributed by atoms with Crippen molar-refractivity contribution in [3.8, 4) is 0 Å². The summed E-state index contributed by atoms with van der Waals surface area (Å²) in [4.78, 5) is 32.8. The molecule has 0 aliphatic heterocycles. The number of nitrogens with one attached hydrogen (secondary N) is 1. The van der Waals surface area contributed by atoms with E-state index >= 15 is 0 Å². The molecule has 0 aliphatic rings. The van der Waals surface area contributed by atoms with Gasteiger partial charge in [-0.3, -0.25) is 9.69 Å². The summed E-state index contributed by atoms with van der Waals surface area (Å²) in [6.45, 7) is 3.63. The molecule has 6 nitrogen and oxygen atoms in total. The van der Waals surface area contributed by atoms with E-state index in [1.807, 2.05) is 24.3 Å². The number of rotatable bonds is 6. The zero-order chi connectivity index (χ0) is 18.5. The number of ether oxygens (including phenoxy) is 1. The van der Waals surface area contributed by atoms with Gasteiger partial charge >= 0.3 is 5.97 Å². The maximum Gasteiger partial charge on any atom is 0.355 e. The van der Waals surface area contributed by atoms with Crippen LogP contribution in [-0.4, -0.2) is 21.8 Å². The maximum absolute atomic E-state index is 12.1. The van der Waals surface area contributed by atoms with Gasteiger partial charge in [0, 0.05) is 18.5 Å². The first-order valence-electron chi connectivity index (χ1n) is 8.23. The van der Waals surface area contributed by atoms with Crippen LogP contribution in [-0.2, 0) is 22.6 Å². The van der Waals surface area contributed by atoms with Crippen LogP contribution in [0.2, 0.25) is 0 Å². The summed E-state index contributed by atoms with van der Waals surface area (Å²) in [5.41, 5.74) is 2.95. The maximum atomic E-state index is 12.1. The largest absolute Gasteiger partial charge is 0.454 e. The summed E-state index contributed by atoms with van der Waals surface area (Å²) in [6, 6.07) is 11.2. The predicted molar refractivity (Wildman–Crippen MR) is 101 cm³/mol. The molecule has 2 heterocycles. The van der Waals surface area contributed by atoms with E-state index in [2.05, 4.69) is 16.9 Å². The number of aryl methyl sites for hydroxylation is 1. The number of H-pyrrole nitrogens is 1. The molecule has 3 aromatic rings. The fourth-order valence-corrected chi connectivity index (χ4v) is 3.32. The van der Waals surface area contributed by atoms with Gasteiger partial charge in [-0.2, -0.15) is 0 Å². The lowest BCUT2D eigenvalue weighted by atomic mass is 10.1. The molecule has 0 spiro atoms. The topological polar surface area (TPSA) is 75.3 Å². The molecule has 1 amide bonds. The third-order valence-corrected chi connectivity index (χ3v) is 4.69. The fraction of sp³-hybridized carbons (Fsp3) is 0.211. The Morgan fingerprint density at radius 2 is 2.00 bits per heavy atom. The molecule has 0 bridgehead atoms. The van der Waals surface area contributed by atoms with Crippen LogP contribution >= 0.6 is 11.3 Å². The van der Waals surface area contributed by atoms with Crippen LogP contribution in [0, 0.1) is 0 Å². The number of amides is 1. The van der Waals surface area contributed by atoms with Gasteiger partial charge in [-0.25, -0.2) is 9.78 Å². The van der Waals surface area contributed by atoms with E-state index in [1.54, 1.807) is 28.6 Å². The lowest BCUT2D eigenvalue weighted by Crippen LogP contribution is -2.22. The monoisotopic (exact) mass is 369 g/mol. The first-order valence-corrected chi connectivity index (χ1v) is 9.11. The van der Waals surface area contributed by atoms with Crippen LogP contribution in [0.3, 0.4) is 0 Å². The minimum absolute atomic E-state index is 0.0505. The van der Waals surface area contributed by atoms with Crippen molar-refractivity contribution < 1.29 is 14.3 Å². The van der Waals surface area contributed by atoms with Gasteiger partial charge < -0.3 is 9.72 Å². The second-order valence-electron chi connectivity index (χ2n) is 5.66. The quantitative estimate of drug-likeness (QED) is 0.665. The lowest BCUT2D eigenvalue weighted by Gasteiger charge is -2.18. The van der Waals surface area contributed by atoms with Crippen molar-refractivity contribution in [1.29, 1.82) is 0 Å². The molecule has 0 unspecified atom stereocenters. The van der Waals surface area contributed by atoms with Crippen molar-refractivity contribution in [1.82, 2.24) is 9.97 Å². The SMILES string of the molecule is CCc1ccc(N(C(C)=O)c2nc(COC(=O)c3ccc[nH]3)cs2)cc1. The van der Waals surface area contributed by atoms with Gasteiger partial charge in [0.2, 0.25) is 5.91 Å². The molecule has 3 rings (SSSR count). The average molecular weight is 369 g/mol. The zero-order valence-electron chi connectivity index (χ0n) is 14.6. The molecule has 2 aromatic heterocycles. The molecule has 134 valence electrons. The Kier molecular flexibility index (Phi) is 5.48. The Morgan fingerprint density at radius 1 is 1.23 bits per heavy atom. The third-order valence-electron chi connectivity index (χ3n) is 3.82. The minimum atomic E-state index is -0.442. The number of carbonyl (C=O) groups excluding carboxylic acids is 2. The van der Waals surface area contributed by atoms with Crippen LogP contribution in [0.25, 0.3) is 0 Å². The Bertz CT molecular complexity index is 885. The molecule has 0 saturated carbocycles. The number of aromatic amines is 1. The van der Waals surface area contributed by atoms with Gasteiger partial charge in [0.15, 0.2) is 5.13 Å². The highest BCUT2D eigenvalue weighted by atomic mass is 32.1. The number of hydrogen-bond acceptors (Lipinski definition) is 5. The Hall–Kier alpha value is -2.93. The second kappa shape index (κ2) is 7.97. The molecule has 1 N–H and O–H groups in total. The Morgan fingerprint density at radius 3 is 2.62 bits per heavy atom. The molecule has 0 saturated heterocycles. The summed E-state index contributed by atoms with van der Waals surface area (Å²) in [5.74, 6) is -0.568. The van der Waals surface area contributed by atoms with E-state index in [0.717, 1.165) is 12.1 Å². The van der Waals surface area contributed by atoms with Crippen molar-refractivity contribution in [2.45, 2.75) is 26.9 Å². The van der Waals surface area contributed by atoms with E-state index in [1.165, 1.54) is 23.8 Å². The van der Waals surface area contributed by atoms with Gasteiger partial charge in [0.25, 0.3) is 0 Å². The van der Waals surface area contributed by atoms with E-state index < -0.39 is 5.97 Å². The predicted octanol–water partition coefficient (Wildman–Crippen LogP) is 4.08. The summed E-state index contributed by atoms with van der Waals surface area (Å²) >= 11 is 1.33. The second-order valence-corrected chi connectivity index (χ2v) is 6.49. The van der Waals surface area contributed by atoms with E-state index in [0.29, 0.717) is 16.5 Å². The fourth-order valence-electron chi connectivity index (χ4n) is 2.45. The van der Waals surface area contributed by atoms with Crippen LogP contribution in [0.15, 0.2) is 48.0 Å². The molecule has 26 heavy (non-hydrogen) atoms. The van der Waals surface area contributed by atoms with Gasteiger partial charge in [0.1, 0.15) is 12.3 Å². The number of anilines is 2. The van der Waals surface area contributed by atoms with Crippen molar-refractivity contribution in [3.05, 3.63) is 64.9 Å². The van der Waals surface area contributed by atoms with E-state index in [9.17, 15) is 9.59 Å². The highest BCUT2D eigenvalue weighted by Gasteiger charge is 2.18. The van der Waals surface area contributed by atoms with Crippen molar-refractivity contribution in [3.63, 3.8) is 0 Å². The summed E-state index contributed by atoms with van der Waals surface area (Å²) in [5, 5.41) is 2.33. The molecular formula is C19H19N3O3S. The first-order chi connectivity index (χ1) is 12.6. The molecule has 0 radical (unpaired) electrons.